The van der Waals surface area contributed by atoms with E-state index >= 15 is 0 Å². The van der Waals surface area contributed by atoms with Crippen LogP contribution >= 0.6 is 0 Å². The van der Waals surface area contributed by atoms with Crippen LogP contribution in [0.25, 0.3) is 0 Å². The number of carbonyl (C=O) groups excluding carboxylic acids is 1. The third-order valence-electron chi connectivity index (χ3n) is 2.62. The molecule has 0 saturated carbocycles. The number of carbonyl (C=O) groups is 1. The van der Waals surface area contributed by atoms with Crippen molar-refractivity contribution in [1.29, 1.82) is 0 Å². The highest BCUT2D eigenvalue weighted by molar-refractivity contribution is 5.91. The lowest BCUT2D eigenvalue weighted by atomic mass is 10.1. The maximum Gasteiger partial charge on any atom is 0.229 e. The third kappa shape index (κ3) is 3.10. The molecule has 2 rings (SSSR count). The second kappa shape index (κ2) is 5.35. The van der Waals surface area contributed by atoms with E-state index in [1.807, 2.05) is 25.1 Å². The average Bonchev–Trinajstić information content (AvgIpc) is 2.79. The van der Waals surface area contributed by atoms with Gasteiger partial charge in [-0.25, -0.2) is 0 Å². The first-order valence-corrected chi connectivity index (χ1v) is 5.86. The van der Waals surface area contributed by atoms with Gasteiger partial charge in [-0.2, -0.15) is 5.10 Å². The zero-order chi connectivity index (χ0) is 13.0. The van der Waals surface area contributed by atoms with Gasteiger partial charge in [-0.15, -0.1) is 0 Å². The predicted octanol–water partition coefficient (Wildman–Crippen LogP) is 1.74. The second-order valence-electron chi connectivity index (χ2n) is 4.10. The fourth-order valence-corrected chi connectivity index (χ4v) is 1.61. The van der Waals surface area contributed by atoms with Gasteiger partial charge in [0.15, 0.2) is 5.82 Å². The monoisotopic (exact) mass is 244 g/mol. The number of aromatic amines is 1. The van der Waals surface area contributed by atoms with Crippen molar-refractivity contribution < 1.29 is 4.79 Å². The topological polar surface area (TPSA) is 83.8 Å². The maximum atomic E-state index is 11.8. The van der Waals surface area contributed by atoms with Gasteiger partial charge in [-0.05, 0) is 24.1 Å². The standard InChI is InChI=1S/C13H16N4O/c1-2-11-8-12(17-16-11)15-13(18)7-9-3-5-10(14)6-4-9/h3-6,8H,2,7,14H2,1H3,(H2,15,16,17,18). The van der Waals surface area contributed by atoms with E-state index in [9.17, 15) is 4.79 Å². The van der Waals surface area contributed by atoms with Gasteiger partial charge in [0.25, 0.3) is 0 Å². The summed E-state index contributed by atoms with van der Waals surface area (Å²) >= 11 is 0. The first-order valence-electron chi connectivity index (χ1n) is 5.86. The molecule has 94 valence electrons. The minimum absolute atomic E-state index is 0.0890. The summed E-state index contributed by atoms with van der Waals surface area (Å²) in [6, 6.07) is 9.09. The molecule has 1 heterocycles. The van der Waals surface area contributed by atoms with Gasteiger partial charge in [0.2, 0.25) is 5.91 Å². The first kappa shape index (κ1) is 12.2. The van der Waals surface area contributed by atoms with Crippen molar-refractivity contribution in [2.45, 2.75) is 19.8 Å². The number of H-pyrrole nitrogens is 1. The van der Waals surface area contributed by atoms with Crippen LogP contribution in [0.15, 0.2) is 30.3 Å². The summed E-state index contributed by atoms with van der Waals surface area (Å²) in [6.07, 6.45) is 1.18. The Morgan fingerprint density at radius 2 is 2.11 bits per heavy atom. The van der Waals surface area contributed by atoms with Crippen LogP contribution in [0.5, 0.6) is 0 Å². The molecule has 0 aliphatic rings. The quantitative estimate of drug-likeness (QED) is 0.716. The Morgan fingerprint density at radius 3 is 2.72 bits per heavy atom. The molecule has 0 aliphatic carbocycles. The molecular weight excluding hydrogens is 228 g/mol. The largest absolute Gasteiger partial charge is 0.399 e. The molecule has 1 amide bonds. The van der Waals surface area contributed by atoms with Crippen LogP contribution in [-0.2, 0) is 17.6 Å². The lowest BCUT2D eigenvalue weighted by Gasteiger charge is -2.02. The zero-order valence-electron chi connectivity index (χ0n) is 10.2. The van der Waals surface area contributed by atoms with Gasteiger partial charge >= 0.3 is 0 Å². The number of anilines is 2. The fraction of sp³-hybridized carbons (Fsp3) is 0.231. The van der Waals surface area contributed by atoms with Crippen molar-refractivity contribution in [2.75, 3.05) is 11.1 Å². The zero-order valence-corrected chi connectivity index (χ0v) is 10.2. The first-order chi connectivity index (χ1) is 8.67. The predicted molar refractivity (Wildman–Crippen MR) is 71.2 cm³/mol. The molecule has 0 aliphatic heterocycles. The smallest absolute Gasteiger partial charge is 0.229 e. The van der Waals surface area contributed by atoms with Crippen LogP contribution in [0, 0.1) is 0 Å². The molecular formula is C13H16N4O. The number of nitrogens with zero attached hydrogens (tertiary/aromatic N) is 1. The van der Waals surface area contributed by atoms with Gasteiger partial charge in [0.1, 0.15) is 0 Å². The number of amides is 1. The SMILES string of the molecule is CCc1cc(NC(=O)Cc2ccc(N)cc2)n[nH]1. The Kier molecular flexibility index (Phi) is 3.62. The van der Waals surface area contributed by atoms with E-state index in [2.05, 4.69) is 15.5 Å². The lowest BCUT2D eigenvalue weighted by Crippen LogP contribution is -2.14. The summed E-state index contributed by atoms with van der Waals surface area (Å²) in [5.41, 5.74) is 8.20. The Hall–Kier alpha value is -2.30. The van der Waals surface area contributed by atoms with Gasteiger partial charge in [0, 0.05) is 17.4 Å². The van der Waals surface area contributed by atoms with Crippen molar-refractivity contribution in [1.82, 2.24) is 10.2 Å². The van der Waals surface area contributed by atoms with E-state index in [1.54, 1.807) is 12.1 Å². The van der Waals surface area contributed by atoms with Crippen LogP contribution in [0.2, 0.25) is 0 Å². The molecule has 0 saturated heterocycles. The van der Waals surface area contributed by atoms with E-state index in [-0.39, 0.29) is 5.91 Å². The average molecular weight is 244 g/mol. The normalized spacial score (nSPS) is 10.3. The second-order valence-corrected chi connectivity index (χ2v) is 4.10. The number of nitrogens with one attached hydrogen (secondary N) is 2. The highest BCUT2D eigenvalue weighted by Crippen LogP contribution is 2.09. The van der Waals surface area contributed by atoms with E-state index in [1.165, 1.54) is 0 Å². The van der Waals surface area contributed by atoms with Crippen molar-refractivity contribution in [2.24, 2.45) is 0 Å². The van der Waals surface area contributed by atoms with Crippen LogP contribution in [-0.4, -0.2) is 16.1 Å². The van der Waals surface area contributed by atoms with Gasteiger partial charge in [-0.3, -0.25) is 9.89 Å². The Bertz CT molecular complexity index is 530. The number of aryl methyl sites for hydroxylation is 1. The number of benzene rings is 1. The van der Waals surface area contributed by atoms with E-state index in [4.69, 9.17) is 5.73 Å². The number of rotatable bonds is 4. The van der Waals surface area contributed by atoms with Gasteiger partial charge in [0.05, 0.1) is 6.42 Å². The molecule has 0 unspecified atom stereocenters. The molecule has 1 aromatic heterocycles. The van der Waals surface area contributed by atoms with Crippen LogP contribution < -0.4 is 11.1 Å². The molecule has 0 atom stereocenters. The molecule has 4 N–H and O–H groups in total. The van der Waals surface area contributed by atoms with Crippen molar-refractivity contribution in [3.63, 3.8) is 0 Å². The molecule has 0 radical (unpaired) electrons. The number of hydrogen-bond donors (Lipinski definition) is 3. The minimum Gasteiger partial charge on any atom is -0.399 e. The van der Waals surface area contributed by atoms with Crippen LogP contribution in [0.4, 0.5) is 11.5 Å². The summed E-state index contributed by atoms with van der Waals surface area (Å²) in [5, 5.41) is 9.60. The Balaban J connectivity index is 1.94. The molecule has 0 fully saturated rings. The molecule has 0 spiro atoms. The number of nitrogens with two attached hydrogens (primary N) is 1. The highest BCUT2D eigenvalue weighted by atomic mass is 16.1. The maximum absolute atomic E-state index is 11.8. The molecule has 18 heavy (non-hydrogen) atoms. The van der Waals surface area contributed by atoms with Crippen molar-refractivity contribution in [3.05, 3.63) is 41.6 Å². The molecule has 2 aromatic rings. The minimum atomic E-state index is -0.0890. The van der Waals surface area contributed by atoms with Crippen LogP contribution in [0.3, 0.4) is 0 Å². The lowest BCUT2D eigenvalue weighted by molar-refractivity contribution is -0.115. The van der Waals surface area contributed by atoms with E-state index < -0.39 is 0 Å². The molecule has 0 bridgehead atoms. The fourth-order valence-electron chi connectivity index (χ4n) is 1.61. The summed E-state index contributed by atoms with van der Waals surface area (Å²) in [7, 11) is 0. The Morgan fingerprint density at radius 1 is 1.39 bits per heavy atom. The Labute approximate surface area is 105 Å². The molecule has 1 aromatic carbocycles. The van der Waals surface area contributed by atoms with Crippen molar-refractivity contribution >= 4 is 17.4 Å². The van der Waals surface area contributed by atoms with E-state index in [0.29, 0.717) is 17.9 Å². The van der Waals surface area contributed by atoms with Gasteiger partial charge < -0.3 is 11.1 Å². The van der Waals surface area contributed by atoms with Crippen molar-refractivity contribution in [3.8, 4) is 0 Å². The van der Waals surface area contributed by atoms with Gasteiger partial charge in [-0.1, -0.05) is 19.1 Å². The van der Waals surface area contributed by atoms with Crippen LogP contribution in [0.1, 0.15) is 18.2 Å². The summed E-state index contributed by atoms with van der Waals surface area (Å²) in [4.78, 5) is 11.8. The highest BCUT2D eigenvalue weighted by Gasteiger charge is 2.06. The summed E-state index contributed by atoms with van der Waals surface area (Å²) < 4.78 is 0. The number of aromatic nitrogens is 2. The summed E-state index contributed by atoms with van der Waals surface area (Å²) in [5.74, 6) is 0.473. The number of hydrogen-bond acceptors (Lipinski definition) is 3. The molecule has 5 heteroatoms. The van der Waals surface area contributed by atoms with E-state index in [0.717, 1.165) is 17.7 Å². The summed E-state index contributed by atoms with van der Waals surface area (Å²) in [6.45, 7) is 2.02. The number of nitrogen functional groups attached to an aromatic ring is 1. The third-order valence-corrected chi connectivity index (χ3v) is 2.62. The molecule has 5 nitrogen and oxygen atoms in total.